The summed E-state index contributed by atoms with van der Waals surface area (Å²) in [5.41, 5.74) is 6.69. The Kier molecular flexibility index (Phi) is 4.42. The van der Waals surface area contributed by atoms with Crippen molar-refractivity contribution in [3.63, 3.8) is 0 Å². The predicted octanol–water partition coefficient (Wildman–Crippen LogP) is 2.38. The normalized spacial score (nSPS) is 13.3. The van der Waals surface area contributed by atoms with E-state index in [1.165, 1.54) is 6.07 Å². The summed E-state index contributed by atoms with van der Waals surface area (Å²) in [6, 6.07) is 4.93. The van der Waals surface area contributed by atoms with Crippen LogP contribution in [0.15, 0.2) is 39.9 Å². The average Bonchev–Trinajstić information content (AvgIpc) is 2.84. The van der Waals surface area contributed by atoms with Crippen molar-refractivity contribution in [3.05, 3.63) is 46.4 Å². The van der Waals surface area contributed by atoms with E-state index in [9.17, 15) is 12.8 Å². The Balaban J connectivity index is 2.16. The molecule has 0 spiro atoms. The number of hydrogen-bond donors (Lipinski definition) is 2. The van der Waals surface area contributed by atoms with Crippen LogP contribution < -0.4 is 10.5 Å². The molecule has 1 unspecified atom stereocenters. The van der Waals surface area contributed by atoms with Crippen molar-refractivity contribution in [1.82, 2.24) is 4.72 Å². The lowest BCUT2D eigenvalue weighted by Gasteiger charge is -2.14. The maximum Gasteiger partial charge on any atom is 0.242 e. The van der Waals surface area contributed by atoms with Crippen molar-refractivity contribution in [1.29, 1.82) is 0 Å². The van der Waals surface area contributed by atoms with E-state index in [0.717, 1.165) is 17.7 Å². The highest BCUT2D eigenvalue weighted by Gasteiger charge is 2.21. The number of benzene rings is 1. The number of rotatable bonds is 5. The zero-order valence-electron chi connectivity index (χ0n) is 10.8. The zero-order valence-corrected chi connectivity index (χ0v) is 12.5. The smallest absolute Gasteiger partial charge is 0.242 e. The van der Waals surface area contributed by atoms with Gasteiger partial charge in [-0.05, 0) is 53.9 Å². The third-order valence-corrected chi connectivity index (χ3v) is 5.12. The monoisotopic (exact) mass is 314 g/mol. The molecule has 0 aliphatic heterocycles. The SMILES string of the molecule is CC(Cc1ccsc1)NS(=O)(=O)c1cc(F)ccc1N. The standard InChI is InChI=1S/C13H15FN2O2S2/c1-9(6-10-4-5-19-8-10)16-20(17,18)13-7-11(14)2-3-12(13)15/h2-5,7-9,16H,6,15H2,1H3. The molecular weight excluding hydrogens is 299 g/mol. The van der Waals surface area contributed by atoms with E-state index in [2.05, 4.69) is 4.72 Å². The largest absolute Gasteiger partial charge is 0.398 e. The summed E-state index contributed by atoms with van der Waals surface area (Å²) >= 11 is 1.55. The van der Waals surface area contributed by atoms with Crippen LogP contribution in [-0.2, 0) is 16.4 Å². The van der Waals surface area contributed by atoms with Gasteiger partial charge in [-0.2, -0.15) is 11.3 Å². The van der Waals surface area contributed by atoms with E-state index in [-0.39, 0.29) is 16.6 Å². The molecule has 0 aliphatic rings. The quantitative estimate of drug-likeness (QED) is 0.832. The van der Waals surface area contributed by atoms with Gasteiger partial charge in [0.2, 0.25) is 10.0 Å². The molecule has 0 amide bonds. The maximum absolute atomic E-state index is 13.2. The number of sulfonamides is 1. The van der Waals surface area contributed by atoms with E-state index >= 15 is 0 Å². The molecule has 1 aromatic heterocycles. The predicted molar refractivity (Wildman–Crippen MR) is 78.6 cm³/mol. The zero-order chi connectivity index (χ0) is 14.8. The lowest BCUT2D eigenvalue weighted by atomic mass is 10.1. The Bertz CT molecular complexity index is 684. The summed E-state index contributed by atoms with van der Waals surface area (Å²) in [6.45, 7) is 1.75. The topological polar surface area (TPSA) is 72.2 Å². The molecule has 2 rings (SSSR count). The van der Waals surface area contributed by atoms with Crippen LogP contribution in [0.2, 0.25) is 0 Å². The third-order valence-electron chi connectivity index (χ3n) is 2.74. The van der Waals surface area contributed by atoms with E-state index in [4.69, 9.17) is 5.73 Å². The summed E-state index contributed by atoms with van der Waals surface area (Å²) in [4.78, 5) is -0.227. The number of nitrogens with one attached hydrogen (secondary N) is 1. The molecule has 1 heterocycles. The van der Waals surface area contributed by atoms with Crippen LogP contribution >= 0.6 is 11.3 Å². The molecule has 1 aromatic carbocycles. The highest BCUT2D eigenvalue weighted by molar-refractivity contribution is 7.89. The molecule has 0 saturated carbocycles. The minimum Gasteiger partial charge on any atom is -0.398 e. The first kappa shape index (κ1) is 15.0. The Morgan fingerprint density at radius 2 is 2.15 bits per heavy atom. The summed E-state index contributed by atoms with van der Waals surface area (Å²) in [5.74, 6) is -0.634. The number of nitrogen functional groups attached to an aromatic ring is 1. The molecular formula is C13H15FN2O2S2. The summed E-state index contributed by atoms with van der Waals surface area (Å²) in [5, 5.41) is 3.89. The fraction of sp³-hybridized carbons (Fsp3) is 0.231. The second-order valence-corrected chi connectivity index (χ2v) is 7.00. The molecule has 4 nitrogen and oxygen atoms in total. The number of thiophene rings is 1. The van der Waals surface area contributed by atoms with Crippen molar-refractivity contribution in [2.75, 3.05) is 5.73 Å². The van der Waals surface area contributed by atoms with Gasteiger partial charge in [0, 0.05) is 6.04 Å². The van der Waals surface area contributed by atoms with Crippen molar-refractivity contribution < 1.29 is 12.8 Å². The van der Waals surface area contributed by atoms with Gasteiger partial charge in [0.15, 0.2) is 0 Å². The summed E-state index contributed by atoms with van der Waals surface area (Å²) in [6.07, 6.45) is 0.567. The number of hydrogen-bond acceptors (Lipinski definition) is 4. The van der Waals surface area contributed by atoms with Crippen molar-refractivity contribution in [2.24, 2.45) is 0 Å². The van der Waals surface area contributed by atoms with Crippen molar-refractivity contribution in [2.45, 2.75) is 24.3 Å². The fourth-order valence-electron chi connectivity index (χ4n) is 1.87. The van der Waals surface area contributed by atoms with Gasteiger partial charge in [0.05, 0.1) is 5.69 Å². The van der Waals surface area contributed by atoms with Crippen LogP contribution in [0.4, 0.5) is 10.1 Å². The highest BCUT2D eigenvalue weighted by Crippen LogP contribution is 2.20. The molecule has 7 heteroatoms. The molecule has 108 valence electrons. The maximum atomic E-state index is 13.2. The first-order valence-electron chi connectivity index (χ1n) is 5.97. The molecule has 0 bridgehead atoms. The van der Waals surface area contributed by atoms with Crippen LogP contribution in [-0.4, -0.2) is 14.5 Å². The minimum atomic E-state index is -3.83. The van der Waals surface area contributed by atoms with Crippen LogP contribution in [0.5, 0.6) is 0 Å². The van der Waals surface area contributed by atoms with Crippen LogP contribution in [0.1, 0.15) is 12.5 Å². The summed E-state index contributed by atoms with van der Waals surface area (Å²) < 4.78 is 40.1. The van der Waals surface area contributed by atoms with Gasteiger partial charge in [-0.15, -0.1) is 0 Å². The molecule has 3 N–H and O–H groups in total. The fourth-order valence-corrected chi connectivity index (χ4v) is 3.94. The Hall–Kier alpha value is -1.44. The second-order valence-electron chi connectivity index (χ2n) is 4.54. The Morgan fingerprint density at radius 3 is 2.80 bits per heavy atom. The van der Waals surface area contributed by atoms with Crippen LogP contribution in [0.25, 0.3) is 0 Å². The Labute approximate surface area is 121 Å². The molecule has 1 atom stereocenters. The van der Waals surface area contributed by atoms with Gasteiger partial charge >= 0.3 is 0 Å². The number of anilines is 1. The highest BCUT2D eigenvalue weighted by atomic mass is 32.2. The van der Waals surface area contributed by atoms with Crippen molar-refractivity contribution >= 4 is 27.0 Å². The van der Waals surface area contributed by atoms with E-state index < -0.39 is 15.8 Å². The van der Waals surface area contributed by atoms with E-state index in [1.54, 1.807) is 18.3 Å². The lowest BCUT2D eigenvalue weighted by Crippen LogP contribution is -2.34. The van der Waals surface area contributed by atoms with Gasteiger partial charge in [-0.3, -0.25) is 0 Å². The van der Waals surface area contributed by atoms with E-state index in [0.29, 0.717) is 6.42 Å². The molecule has 0 saturated heterocycles. The van der Waals surface area contributed by atoms with Gasteiger partial charge in [0.25, 0.3) is 0 Å². The summed E-state index contributed by atoms with van der Waals surface area (Å²) in [7, 11) is -3.83. The molecule has 20 heavy (non-hydrogen) atoms. The minimum absolute atomic E-state index is 0.0293. The van der Waals surface area contributed by atoms with E-state index in [1.807, 2.05) is 16.8 Å². The molecule has 2 aromatic rings. The molecule has 0 aliphatic carbocycles. The second kappa shape index (κ2) is 5.90. The van der Waals surface area contributed by atoms with Crippen LogP contribution in [0, 0.1) is 5.82 Å². The van der Waals surface area contributed by atoms with Gasteiger partial charge in [-0.1, -0.05) is 0 Å². The average molecular weight is 314 g/mol. The first-order chi connectivity index (χ1) is 9.38. The van der Waals surface area contributed by atoms with Gasteiger partial charge < -0.3 is 5.73 Å². The molecule has 0 radical (unpaired) electrons. The number of halogens is 1. The van der Waals surface area contributed by atoms with Gasteiger partial charge in [0.1, 0.15) is 10.7 Å². The first-order valence-corrected chi connectivity index (χ1v) is 8.39. The van der Waals surface area contributed by atoms with Crippen LogP contribution in [0.3, 0.4) is 0 Å². The molecule has 0 fully saturated rings. The third kappa shape index (κ3) is 3.56. The van der Waals surface area contributed by atoms with Crippen molar-refractivity contribution in [3.8, 4) is 0 Å². The lowest BCUT2D eigenvalue weighted by molar-refractivity contribution is 0.558. The van der Waals surface area contributed by atoms with Gasteiger partial charge in [-0.25, -0.2) is 17.5 Å². The number of nitrogens with two attached hydrogens (primary N) is 1. The Morgan fingerprint density at radius 1 is 1.40 bits per heavy atom.